The summed E-state index contributed by atoms with van der Waals surface area (Å²) in [6, 6.07) is 3.60. The van der Waals surface area contributed by atoms with Crippen LogP contribution in [0.2, 0.25) is 0 Å². The zero-order chi connectivity index (χ0) is 12.4. The first-order chi connectivity index (χ1) is 8.09. The highest BCUT2D eigenvalue weighted by Crippen LogP contribution is 2.33. The van der Waals surface area contributed by atoms with Crippen LogP contribution >= 0.6 is 11.3 Å². The Morgan fingerprint density at radius 3 is 2.76 bits per heavy atom. The minimum Gasteiger partial charge on any atom is -0.476 e. The van der Waals surface area contributed by atoms with Crippen molar-refractivity contribution >= 4 is 22.4 Å². The van der Waals surface area contributed by atoms with Crippen LogP contribution in [0, 0.1) is 0 Å². The van der Waals surface area contributed by atoms with E-state index in [1.807, 2.05) is 20.2 Å². The van der Waals surface area contributed by atoms with Gasteiger partial charge in [-0.15, -0.1) is 0 Å². The average molecular weight is 249 g/mol. The van der Waals surface area contributed by atoms with Crippen molar-refractivity contribution in [2.45, 2.75) is 0 Å². The van der Waals surface area contributed by atoms with E-state index in [2.05, 4.69) is 9.97 Å². The van der Waals surface area contributed by atoms with E-state index in [1.54, 1.807) is 23.4 Å². The van der Waals surface area contributed by atoms with E-state index in [0.717, 1.165) is 5.56 Å². The molecule has 2 rings (SSSR count). The van der Waals surface area contributed by atoms with E-state index in [9.17, 15) is 4.79 Å². The van der Waals surface area contributed by atoms with Crippen LogP contribution in [0.3, 0.4) is 0 Å². The van der Waals surface area contributed by atoms with Crippen molar-refractivity contribution < 1.29 is 9.90 Å². The Hall–Kier alpha value is -1.95. The summed E-state index contributed by atoms with van der Waals surface area (Å²) < 4.78 is 0. The Labute approximate surface area is 102 Å². The maximum absolute atomic E-state index is 11.1. The predicted octanol–water partition coefficient (Wildman–Crippen LogP) is 1.97. The molecule has 0 aliphatic rings. The average Bonchev–Trinajstić information content (AvgIpc) is 2.75. The van der Waals surface area contributed by atoms with E-state index in [4.69, 9.17) is 5.11 Å². The fourth-order valence-electron chi connectivity index (χ4n) is 1.34. The first-order valence-corrected chi connectivity index (χ1v) is 5.73. The lowest BCUT2D eigenvalue weighted by Crippen LogP contribution is -2.08. The lowest BCUT2D eigenvalue weighted by atomic mass is 10.2. The molecule has 0 spiro atoms. The topological polar surface area (TPSA) is 66.3 Å². The SMILES string of the molecule is CN(C)c1nc(C(=O)O)c(-c2cccnc2)s1. The van der Waals surface area contributed by atoms with Gasteiger partial charge in [-0.1, -0.05) is 17.4 Å². The monoisotopic (exact) mass is 249 g/mol. The van der Waals surface area contributed by atoms with Crippen LogP contribution in [0.1, 0.15) is 10.5 Å². The number of nitrogens with zero attached hydrogens (tertiary/aromatic N) is 3. The molecule has 0 saturated carbocycles. The largest absolute Gasteiger partial charge is 0.476 e. The second-order valence-electron chi connectivity index (χ2n) is 3.62. The number of aromatic nitrogens is 2. The van der Waals surface area contributed by atoms with Gasteiger partial charge in [0.2, 0.25) is 0 Å². The smallest absolute Gasteiger partial charge is 0.356 e. The van der Waals surface area contributed by atoms with E-state index >= 15 is 0 Å². The molecule has 2 aromatic rings. The van der Waals surface area contributed by atoms with Gasteiger partial charge in [0.15, 0.2) is 10.8 Å². The van der Waals surface area contributed by atoms with Gasteiger partial charge in [-0.05, 0) is 6.07 Å². The molecule has 0 amide bonds. The predicted molar refractivity (Wildman–Crippen MR) is 66.6 cm³/mol. The highest BCUT2D eigenvalue weighted by atomic mass is 32.1. The summed E-state index contributed by atoms with van der Waals surface area (Å²) in [7, 11) is 3.66. The molecule has 1 N–H and O–H groups in total. The third-order valence-electron chi connectivity index (χ3n) is 2.12. The Morgan fingerprint density at radius 2 is 2.24 bits per heavy atom. The van der Waals surface area contributed by atoms with Gasteiger partial charge < -0.3 is 10.0 Å². The normalized spacial score (nSPS) is 10.2. The second-order valence-corrected chi connectivity index (χ2v) is 4.59. The zero-order valence-electron chi connectivity index (χ0n) is 9.41. The van der Waals surface area contributed by atoms with Crippen molar-refractivity contribution in [2.75, 3.05) is 19.0 Å². The molecular weight excluding hydrogens is 238 g/mol. The maximum Gasteiger partial charge on any atom is 0.356 e. The Balaban J connectivity index is 2.56. The van der Waals surface area contributed by atoms with Gasteiger partial charge in [-0.2, -0.15) is 0 Å². The number of rotatable bonds is 3. The first-order valence-electron chi connectivity index (χ1n) is 4.91. The molecule has 0 aromatic carbocycles. The van der Waals surface area contributed by atoms with Gasteiger partial charge in [0.05, 0.1) is 4.88 Å². The zero-order valence-corrected chi connectivity index (χ0v) is 10.2. The van der Waals surface area contributed by atoms with Crippen molar-refractivity contribution in [1.82, 2.24) is 9.97 Å². The number of aromatic carboxylic acids is 1. The number of pyridine rings is 1. The van der Waals surface area contributed by atoms with Crippen LogP contribution in [0.5, 0.6) is 0 Å². The summed E-state index contributed by atoms with van der Waals surface area (Å²) in [6.07, 6.45) is 3.29. The molecule has 0 radical (unpaired) electrons. The summed E-state index contributed by atoms with van der Waals surface area (Å²) >= 11 is 1.34. The fourth-order valence-corrected chi connectivity index (χ4v) is 2.31. The van der Waals surface area contributed by atoms with Crippen molar-refractivity contribution in [3.63, 3.8) is 0 Å². The van der Waals surface area contributed by atoms with Crippen LogP contribution in [0.25, 0.3) is 10.4 Å². The number of carbonyl (C=O) groups is 1. The molecule has 6 heteroatoms. The van der Waals surface area contributed by atoms with Gasteiger partial charge in [0, 0.05) is 32.1 Å². The third kappa shape index (κ3) is 2.26. The third-order valence-corrected chi connectivity index (χ3v) is 3.40. The molecule has 2 heterocycles. The highest BCUT2D eigenvalue weighted by Gasteiger charge is 2.19. The molecular formula is C11H11N3O2S. The van der Waals surface area contributed by atoms with Crippen LogP contribution in [0.15, 0.2) is 24.5 Å². The van der Waals surface area contributed by atoms with E-state index < -0.39 is 5.97 Å². The summed E-state index contributed by atoms with van der Waals surface area (Å²) in [4.78, 5) is 21.6. The fraction of sp³-hybridized carbons (Fsp3) is 0.182. The van der Waals surface area contributed by atoms with Crippen molar-refractivity contribution in [3.05, 3.63) is 30.2 Å². The summed E-state index contributed by atoms with van der Waals surface area (Å²) in [5, 5.41) is 9.80. The van der Waals surface area contributed by atoms with Crippen LogP contribution in [-0.4, -0.2) is 35.1 Å². The molecule has 2 aromatic heterocycles. The number of carboxylic acids is 1. The number of hydrogen-bond donors (Lipinski definition) is 1. The Morgan fingerprint density at radius 1 is 1.47 bits per heavy atom. The molecule has 0 unspecified atom stereocenters. The van der Waals surface area contributed by atoms with Gasteiger partial charge >= 0.3 is 5.97 Å². The minimum absolute atomic E-state index is 0.0756. The number of hydrogen-bond acceptors (Lipinski definition) is 5. The molecule has 0 fully saturated rings. The van der Waals surface area contributed by atoms with Crippen LogP contribution in [0.4, 0.5) is 5.13 Å². The lowest BCUT2D eigenvalue weighted by molar-refractivity contribution is 0.0692. The van der Waals surface area contributed by atoms with Crippen LogP contribution in [-0.2, 0) is 0 Å². The Kier molecular flexibility index (Phi) is 3.06. The minimum atomic E-state index is -1.02. The van der Waals surface area contributed by atoms with Crippen molar-refractivity contribution in [2.24, 2.45) is 0 Å². The second kappa shape index (κ2) is 4.50. The number of thiazole rings is 1. The van der Waals surface area contributed by atoms with Gasteiger partial charge in [0.1, 0.15) is 0 Å². The van der Waals surface area contributed by atoms with Gasteiger partial charge in [-0.3, -0.25) is 4.98 Å². The molecule has 17 heavy (non-hydrogen) atoms. The first kappa shape index (κ1) is 11.5. The van der Waals surface area contributed by atoms with E-state index in [1.165, 1.54) is 11.3 Å². The molecule has 0 aliphatic heterocycles. The van der Waals surface area contributed by atoms with E-state index in [-0.39, 0.29) is 5.69 Å². The summed E-state index contributed by atoms with van der Waals surface area (Å²) in [6.45, 7) is 0. The lowest BCUT2D eigenvalue weighted by Gasteiger charge is -2.05. The number of carboxylic acid groups (broad SMARTS) is 1. The standard InChI is InChI=1S/C11H11N3O2S/c1-14(2)11-13-8(10(15)16)9(17-11)7-4-3-5-12-6-7/h3-6H,1-2H3,(H,15,16). The highest BCUT2D eigenvalue weighted by molar-refractivity contribution is 7.19. The molecule has 88 valence electrons. The number of anilines is 1. The van der Waals surface area contributed by atoms with E-state index in [0.29, 0.717) is 10.0 Å². The summed E-state index contributed by atoms with van der Waals surface area (Å²) in [5.41, 5.74) is 0.849. The quantitative estimate of drug-likeness (QED) is 0.900. The van der Waals surface area contributed by atoms with Crippen molar-refractivity contribution in [1.29, 1.82) is 0 Å². The van der Waals surface area contributed by atoms with Crippen LogP contribution < -0.4 is 4.90 Å². The van der Waals surface area contributed by atoms with Gasteiger partial charge in [-0.25, -0.2) is 9.78 Å². The maximum atomic E-state index is 11.1. The molecule has 5 nitrogen and oxygen atoms in total. The molecule has 0 bridgehead atoms. The molecule has 0 saturated heterocycles. The molecule has 0 aliphatic carbocycles. The molecule has 0 atom stereocenters. The Bertz CT molecular complexity index is 537. The van der Waals surface area contributed by atoms with Gasteiger partial charge in [0.25, 0.3) is 0 Å². The van der Waals surface area contributed by atoms with Crippen molar-refractivity contribution in [3.8, 4) is 10.4 Å². The summed E-state index contributed by atoms with van der Waals surface area (Å²) in [5.74, 6) is -1.02.